The summed E-state index contributed by atoms with van der Waals surface area (Å²) in [7, 11) is -2.24. The summed E-state index contributed by atoms with van der Waals surface area (Å²) in [5.74, 6) is -1.46. The van der Waals surface area contributed by atoms with Gasteiger partial charge in [0.2, 0.25) is 0 Å². The lowest BCUT2D eigenvalue weighted by atomic mass is 10.1. The topological polar surface area (TPSA) is 86.7 Å². The molecular weight excluding hydrogens is 284 g/mol. The third kappa shape index (κ3) is 3.80. The van der Waals surface area contributed by atoms with Crippen molar-refractivity contribution >= 4 is 21.8 Å². The molecule has 0 N–H and O–H groups in total. The highest BCUT2D eigenvalue weighted by molar-refractivity contribution is 7.90. The molecule has 1 aromatic carbocycles. The van der Waals surface area contributed by atoms with Crippen LogP contribution in [-0.4, -0.2) is 39.8 Å². The van der Waals surface area contributed by atoms with Gasteiger partial charge >= 0.3 is 11.9 Å². The van der Waals surface area contributed by atoms with Crippen molar-refractivity contribution in [3.63, 3.8) is 0 Å². The van der Waals surface area contributed by atoms with Crippen LogP contribution in [0.15, 0.2) is 23.1 Å². The van der Waals surface area contributed by atoms with Crippen LogP contribution in [0.1, 0.15) is 22.8 Å². The fourth-order valence-corrected chi connectivity index (χ4v) is 2.14. The van der Waals surface area contributed by atoms with Crippen LogP contribution in [0, 0.1) is 6.92 Å². The van der Waals surface area contributed by atoms with Crippen LogP contribution in [-0.2, 0) is 24.1 Å². The van der Waals surface area contributed by atoms with E-state index in [1.165, 1.54) is 32.2 Å². The number of esters is 2. The van der Waals surface area contributed by atoms with Crippen LogP contribution in [0.25, 0.3) is 0 Å². The molecule has 0 bridgehead atoms. The predicted molar refractivity (Wildman–Crippen MR) is 71.2 cm³/mol. The van der Waals surface area contributed by atoms with Gasteiger partial charge in [0.15, 0.2) is 15.9 Å². The largest absolute Gasteiger partial charge is 0.466 e. The van der Waals surface area contributed by atoms with E-state index in [1.54, 1.807) is 6.92 Å². The molecule has 1 atom stereocenters. The highest BCUT2D eigenvalue weighted by Gasteiger charge is 2.21. The summed E-state index contributed by atoms with van der Waals surface area (Å²) >= 11 is 0. The fraction of sp³-hybridized carbons (Fsp3) is 0.385. The molecule has 0 fully saturated rings. The Balaban J connectivity index is 3.07. The van der Waals surface area contributed by atoms with Gasteiger partial charge in [-0.25, -0.2) is 18.0 Å². The first-order chi connectivity index (χ1) is 9.16. The van der Waals surface area contributed by atoms with Crippen LogP contribution in [0.3, 0.4) is 0 Å². The zero-order valence-corrected chi connectivity index (χ0v) is 12.5. The molecule has 1 unspecified atom stereocenters. The van der Waals surface area contributed by atoms with Crippen molar-refractivity contribution in [3.05, 3.63) is 29.3 Å². The van der Waals surface area contributed by atoms with Crippen molar-refractivity contribution < 1.29 is 27.5 Å². The first-order valence-corrected chi connectivity index (χ1v) is 7.65. The molecule has 20 heavy (non-hydrogen) atoms. The number of ether oxygens (including phenoxy) is 2. The average molecular weight is 300 g/mol. The van der Waals surface area contributed by atoms with Gasteiger partial charge in [0.05, 0.1) is 17.6 Å². The molecule has 0 aliphatic rings. The summed E-state index contributed by atoms with van der Waals surface area (Å²) < 4.78 is 32.3. The van der Waals surface area contributed by atoms with Gasteiger partial charge in [-0.05, 0) is 31.5 Å². The van der Waals surface area contributed by atoms with E-state index < -0.39 is 27.9 Å². The zero-order valence-electron chi connectivity index (χ0n) is 11.7. The van der Waals surface area contributed by atoms with Gasteiger partial charge in [-0.2, -0.15) is 0 Å². The van der Waals surface area contributed by atoms with Gasteiger partial charge in [-0.15, -0.1) is 0 Å². The SMILES string of the molecule is COC(=O)C(C)OC(=O)c1cc(S(C)(=O)=O)ccc1C. The molecule has 0 spiro atoms. The van der Waals surface area contributed by atoms with Gasteiger partial charge in [0.25, 0.3) is 0 Å². The number of methoxy groups -OCH3 is 1. The van der Waals surface area contributed by atoms with E-state index in [0.29, 0.717) is 5.56 Å². The van der Waals surface area contributed by atoms with E-state index in [2.05, 4.69) is 4.74 Å². The number of carbonyl (C=O) groups excluding carboxylic acids is 2. The maximum atomic E-state index is 12.0. The Morgan fingerprint density at radius 3 is 2.35 bits per heavy atom. The van der Waals surface area contributed by atoms with Crippen molar-refractivity contribution in [1.82, 2.24) is 0 Å². The van der Waals surface area contributed by atoms with Gasteiger partial charge < -0.3 is 9.47 Å². The molecule has 0 radical (unpaired) electrons. The number of aryl methyl sites for hydroxylation is 1. The van der Waals surface area contributed by atoms with Gasteiger partial charge in [-0.3, -0.25) is 0 Å². The summed E-state index contributed by atoms with van der Waals surface area (Å²) in [6.45, 7) is 3.02. The summed E-state index contributed by atoms with van der Waals surface area (Å²) in [5.41, 5.74) is 0.656. The molecule has 7 heteroatoms. The summed E-state index contributed by atoms with van der Waals surface area (Å²) in [6, 6.07) is 4.15. The Kier molecular flexibility index (Phi) is 4.88. The normalized spacial score (nSPS) is 12.6. The van der Waals surface area contributed by atoms with E-state index in [-0.39, 0.29) is 10.5 Å². The minimum absolute atomic E-state index is 0.0146. The van der Waals surface area contributed by atoms with E-state index in [4.69, 9.17) is 4.74 Å². The number of carbonyl (C=O) groups is 2. The van der Waals surface area contributed by atoms with Crippen LogP contribution in [0.4, 0.5) is 0 Å². The van der Waals surface area contributed by atoms with Crippen molar-refractivity contribution in [1.29, 1.82) is 0 Å². The number of hydrogen-bond acceptors (Lipinski definition) is 6. The molecule has 1 rings (SSSR count). The average Bonchev–Trinajstić information content (AvgIpc) is 2.36. The molecule has 110 valence electrons. The van der Waals surface area contributed by atoms with Crippen LogP contribution in [0.5, 0.6) is 0 Å². The highest BCUT2D eigenvalue weighted by atomic mass is 32.2. The summed E-state index contributed by atoms with van der Waals surface area (Å²) in [6.07, 6.45) is -0.0158. The molecule has 0 saturated heterocycles. The van der Waals surface area contributed by atoms with Gasteiger partial charge in [0, 0.05) is 6.26 Å². The maximum Gasteiger partial charge on any atom is 0.346 e. The van der Waals surface area contributed by atoms with Gasteiger partial charge in [-0.1, -0.05) is 6.07 Å². The molecule has 0 aliphatic heterocycles. The van der Waals surface area contributed by atoms with Crippen LogP contribution < -0.4 is 0 Å². The lowest BCUT2D eigenvalue weighted by Crippen LogP contribution is -2.25. The van der Waals surface area contributed by atoms with Crippen molar-refractivity contribution in [2.45, 2.75) is 24.8 Å². The Morgan fingerprint density at radius 2 is 1.85 bits per heavy atom. The number of hydrogen-bond donors (Lipinski definition) is 0. The Labute approximate surface area is 117 Å². The van der Waals surface area contributed by atoms with E-state index in [9.17, 15) is 18.0 Å². The van der Waals surface area contributed by atoms with E-state index in [0.717, 1.165) is 6.26 Å². The lowest BCUT2D eigenvalue weighted by Gasteiger charge is -2.12. The third-order valence-electron chi connectivity index (χ3n) is 2.67. The van der Waals surface area contributed by atoms with Crippen molar-refractivity contribution in [2.24, 2.45) is 0 Å². The van der Waals surface area contributed by atoms with E-state index in [1.807, 2.05) is 0 Å². The van der Waals surface area contributed by atoms with Crippen LogP contribution in [0.2, 0.25) is 0 Å². The minimum atomic E-state index is -3.42. The number of rotatable bonds is 4. The van der Waals surface area contributed by atoms with Crippen LogP contribution >= 0.6 is 0 Å². The van der Waals surface area contributed by atoms with Crippen molar-refractivity contribution in [3.8, 4) is 0 Å². The van der Waals surface area contributed by atoms with Crippen molar-refractivity contribution in [2.75, 3.05) is 13.4 Å². The standard InChI is InChI=1S/C13H16O6S/c1-8-5-6-10(20(4,16)17)7-11(8)13(15)19-9(2)12(14)18-3/h5-7,9H,1-4H3. The zero-order chi connectivity index (χ0) is 15.5. The fourth-order valence-electron chi connectivity index (χ4n) is 1.49. The highest BCUT2D eigenvalue weighted by Crippen LogP contribution is 2.17. The summed E-state index contributed by atoms with van der Waals surface area (Å²) in [4.78, 5) is 23.2. The first kappa shape index (κ1) is 16.2. The number of sulfone groups is 1. The quantitative estimate of drug-likeness (QED) is 0.774. The second kappa shape index (κ2) is 6.04. The second-order valence-corrected chi connectivity index (χ2v) is 6.34. The summed E-state index contributed by atoms with van der Waals surface area (Å²) in [5, 5.41) is 0. The molecule has 0 saturated carbocycles. The molecule has 6 nitrogen and oxygen atoms in total. The molecular formula is C13H16O6S. The smallest absolute Gasteiger partial charge is 0.346 e. The molecule has 1 aromatic rings. The minimum Gasteiger partial charge on any atom is -0.466 e. The Morgan fingerprint density at radius 1 is 1.25 bits per heavy atom. The molecule has 0 heterocycles. The molecule has 0 aliphatic carbocycles. The van der Waals surface area contributed by atoms with E-state index >= 15 is 0 Å². The monoisotopic (exact) mass is 300 g/mol. The third-order valence-corrected chi connectivity index (χ3v) is 3.78. The maximum absolute atomic E-state index is 12.0. The predicted octanol–water partition coefficient (Wildman–Crippen LogP) is 1.12. The molecule has 0 aromatic heterocycles. The number of benzene rings is 1. The first-order valence-electron chi connectivity index (χ1n) is 5.76. The Bertz CT molecular complexity index is 632. The Hall–Kier alpha value is -1.89. The molecule has 0 amide bonds. The lowest BCUT2D eigenvalue weighted by molar-refractivity contribution is -0.149. The second-order valence-electron chi connectivity index (χ2n) is 4.32. The van der Waals surface area contributed by atoms with Gasteiger partial charge in [0.1, 0.15) is 0 Å².